The molecule has 8 heteroatoms. The van der Waals surface area contributed by atoms with Crippen molar-refractivity contribution in [1.82, 2.24) is 19.8 Å². The molecule has 0 saturated heterocycles. The fraction of sp³-hybridized carbons (Fsp3) is 0.304. The van der Waals surface area contributed by atoms with Gasteiger partial charge in [0, 0.05) is 23.2 Å². The van der Waals surface area contributed by atoms with E-state index in [9.17, 15) is 4.79 Å². The van der Waals surface area contributed by atoms with Crippen molar-refractivity contribution in [2.45, 2.75) is 40.0 Å². The molecule has 0 fully saturated rings. The molecule has 1 amide bonds. The SMILES string of the molecule is CCCCOc1ccc(C(=O)Nc2cc(-c3nn4c(CC)nnc4s3)ccc2C)cc1. The van der Waals surface area contributed by atoms with Crippen LogP contribution in [0.1, 0.15) is 48.4 Å². The van der Waals surface area contributed by atoms with Crippen LogP contribution in [0.15, 0.2) is 42.5 Å². The van der Waals surface area contributed by atoms with Crippen LogP contribution in [0.2, 0.25) is 0 Å². The lowest BCUT2D eigenvalue weighted by Gasteiger charge is -2.11. The Morgan fingerprint density at radius 1 is 1.13 bits per heavy atom. The van der Waals surface area contributed by atoms with Crippen molar-refractivity contribution in [2.24, 2.45) is 0 Å². The lowest BCUT2D eigenvalue weighted by Crippen LogP contribution is -2.12. The summed E-state index contributed by atoms with van der Waals surface area (Å²) >= 11 is 1.48. The molecule has 0 saturated carbocycles. The molecule has 1 N–H and O–H groups in total. The molecule has 0 spiro atoms. The zero-order valence-electron chi connectivity index (χ0n) is 17.9. The van der Waals surface area contributed by atoms with Crippen molar-refractivity contribution >= 4 is 27.9 Å². The highest BCUT2D eigenvalue weighted by Crippen LogP contribution is 2.29. The van der Waals surface area contributed by atoms with Crippen LogP contribution in [-0.2, 0) is 6.42 Å². The number of nitrogens with zero attached hydrogens (tertiary/aromatic N) is 4. The number of rotatable bonds is 8. The number of carbonyl (C=O) groups is 1. The highest BCUT2D eigenvalue weighted by molar-refractivity contribution is 7.19. The van der Waals surface area contributed by atoms with E-state index in [-0.39, 0.29) is 5.91 Å². The third kappa shape index (κ3) is 4.59. The number of carbonyl (C=O) groups excluding carboxylic acids is 1. The maximum absolute atomic E-state index is 12.8. The summed E-state index contributed by atoms with van der Waals surface area (Å²) in [4.78, 5) is 13.5. The minimum atomic E-state index is -0.160. The monoisotopic (exact) mass is 435 g/mol. The quantitative estimate of drug-likeness (QED) is 0.387. The summed E-state index contributed by atoms with van der Waals surface area (Å²) in [6, 6.07) is 13.2. The van der Waals surface area contributed by atoms with Crippen LogP contribution in [0.4, 0.5) is 5.69 Å². The van der Waals surface area contributed by atoms with E-state index in [0.29, 0.717) is 12.2 Å². The highest BCUT2D eigenvalue weighted by Gasteiger charge is 2.14. The minimum absolute atomic E-state index is 0.160. The van der Waals surface area contributed by atoms with Gasteiger partial charge in [0.2, 0.25) is 4.96 Å². The number of hydrogen-bond donors (Lipinski definition) is 1. The van der Waals surface area contributed by atoms with Gasteiger partial charge in [-0.2, -0.15) is 9.61 Å². The first-order chi connectivity index (χ1) is 15.1. The predicted octanol–water partition coefficient (Wildman–Crippen LogP) is 5.15. The standard InChI is InChI=1S/C23H25N5O2S/c1-4-6-13-30-18-11-9-16(10-12-18)21(29)24-19-14-17(8-7-15(19)3)22-27-28-20(5-2)25-26-23(28)31-22/h7-12,14H,4-6,13H2,1-3H3,(H,24,29). The van der Waals surface area contributed by atoms with E-state index in [2.05, 4.69) is 27.5 Å². The molecule has 2 aromatic heterocycles. The summed E-state index contributed by atoms with van der Waals surface area (Å²) in [5.74, 6) is 1.45. The van der Waals surface area contributed by atoms with Gasteiger partial charge in [-0.3, -0.25) is 4.79 Å². The van der Waals surface area contributed by atoms with Crippen molar-refractivity contribution in [3.8, 4) is 16.3 Å². The highest BCUT2D eigenvalue weighted by atomic mass is 32.1. The molecule has 0 aliphatic rings. The second kappa shape index (κ2) is 9.26. The van der Waals surface area contributed by atoms with Gasteiger partial charge in [-0.05, 0) is 49.2 Å². The van der Waals surface area contributed by atoms with Gasteiger partial charge in [0.25, 0.3) is 5.91 Å². The van der Waals surface area contributed by atoms with Crippen molar-refractivity contribution in [2.75, 3.05) is 11.9 Å². The third-order valence-electron chi connectivity index (χ3n) is 4.99. The number of anilines is 1. The molecular weight excluding hydrogens is 410 g/mol. The van der Waals surface area contributed by atoms with E-state index in [0.717, 1.165) is 57.6 Å². The number of nitrogens with one attached hydrogen (secondary N) is 1. The normalized spacial score (nSPS) is 11.1. The molecular formula is C23H25N5O2S. The summed E-state index contributed by atoms with van der Waals surface area (Å²) in [6.45, 7) is 6.81. The van der Waals surface area contributed by atoms with Gasteiger partial charge >= 0.3 is 0 Å². The zero-order valence-corrected chi connectivity index (χ0v) is 18.7. The van der Waals surface area contributed by atoms with Crippen LogP contribution in [0.5, 0.6) is 5.75 Å². The van der Waals surface area contributed by atoms with Gasteiger partial charge < -0.3 is 10.1 Å². The molecule has 2 heterocycles. The number of ether oxygens (including phenoxy) is 1. The average molecular weight is 436 g/mol. The van der Waals surface area contributed by atoms with E-state index in [1.165, 1.54) is 11.3 Å². The van der Waals surface area contributed by atoms with Gasteiger partial charge in [0.1, 0.15) is 10.8 Å². The van der Waals surface area contributed by atoms with Crippen LogP contribution in [0.25, 0.3) is 15.5 Å². The summed E-state index contributed by atoms with van der Waals surface area (Å²) in [5.41, 5.74) is 3.25. The van der Waals surface area contributed by atoms with Crippen molar-refractivity contribution < 1.29 is 9.53 Å². The number of aryl methyl sites for hydroxylation is 2. The largest absolute Gasteiger partial charge is 0.494 e. The van der Waals surface area contributed by atoms with E-state index < -0.39 is 0 Å². The summed E-state index contributed by atoms with van der Waals surface area (Å²) in [7, 11) is 0. The van der Waals surface area contributed by atoms with E-state index in [1.54, 1.807) is 16.6 Å². The third-order valence-corrected chi connectivity index (χ3v) is 5.94. The molecule has 4 rings (SSSR count). The van der Waals surface area contributed by atoms with Crippen LogP contribution in [0.3, 0.4) is 0 Å². The number of aromatic nitrogens is 4. The van der Waals surface area contributed by atoms with E-state index >= 15 is 0 Å². The Balaban J connectivity index is 1.51. The Kier molecular flexibility index (Phi) is 6.27. The van der Waals surface area contributed by atoms with Crippen LogP contribution in [-0.4, -0.2) is 32.3 Å². The Labute approximate surface area is 185 Å². The number of benzene rings is 2. The summed E-state index contributed by atoms with van der Waals surface area (Å²) in [6.07, 6.45) is 2.87. The van der Waals surface area contributed by atoms with Gasteiger partial charge in [0.15, 0.2) is 5.82 Å². The zero-order chi connectivity index (χ0) is 21.8. The molecule has 7 nitrogen and oxygen atoms in total. The predicted molar refractivity (Wildman–Crippen MR) is 123 cm³/mol. The molecule has 31 heavy (non-hydrogen) atoms. The Bertz CT molecular complexity index is 1200. The molecule has 0 unspecified atom stereocenters. The molecule has 2 aromatic carbocycles. The fourth-order valence-electron chi connectivity index (χ4n) is 3.12. The Morgan fingerprint density at radius 2 is 1.94 bits per heavy atom. The van der Waals surface area contributed by atoms with Gasteiger partial charge in [0.05, 0.1) is 6.61 Å². The molecule has 4 aromatic rings. The van der Waals surface area contributed by atoms with E-state index in [1.807, 2.05) is 44.2 Å². The Morgan fingerprint density at radius 3 is 2.68 bits per heavy atom. The number of unbranched alkanes of at least 4 members (excludes halogenated alkanes) is 1. The Hall–Kier alpha value is -3.26. The van der Waals surface area contributed by atoms with Crippen LogP contribution < -0.4 is 10.1 Å². The maximum Gasteiger partial charge on any atom is 0.255 e. The van der Waals surface area contributed by atoms with Gasteiger partial charge in [-0.1, -0.05) is 43.7 Å². The van der Waals surface area contributed by atoms with Gasteiger partial charge in [-0.25, -0.2) is 0 Å². The van der Waals surface area contributed by atoms with Crippen molar-refractivity contribution in [1.29, 1.82) is 0 Å². The van der Waals surface area contributed by atoms with Crippen molar-refractivity contribution in [3.05, 3.63) is 59.4 Å². The molecule has 0 radical (unpaired) electrons. The molecule has 160 valence electrons. The van der Waals surface area contributed by atoms with Crippen LogP contribution in [0, 0.1) is 6.92 Å². The summed E-state index contributed by atoms with van der Waals surface area (Å²) < 4.78 is 7.45. The summed E-state index contributed by atoms with van der Waals surface area (Å²) in [5, 5.41) is 16.8. The molecule has 0 bridgehead atoms. The lowest BCUT2D eigenvalue weighted by atomic mass is 10.1. The van der Waals surface area contributed by atoms with Crippen molar-refractivity contribution in [3.63, 3.8) is 0 Å². The first-order valence-electron chi connectivity index (χ1n) is 10.5. The topological polar surface area (TPSA) is 81.4 Å². The first-order valence-corrected chi connectivity index (χ1v) is 11.3. The number of amides is 1. The second-order valence-corrected chi connectivity index (χ2v) is 8.24. The fourth-order valence-corrected chi connectivity index (χ4v) is 3.97. The molecule has 0 atom stereocenters. The lowest BCUT2D eigenvalue weighted by molar-refractivity contribution is 0.102. The number of fused-ring (bicyclic) bond motifs is 1. The molecule has 0 aliphatic heterocycles. The minimum Gasteiger partial charge on any atom is -0.494 e. The molecule has 0 aliphatic carbocycles. The second-order valence-electron chi connectivity index (χ2n) is 7.28. The van der Waals surface area contributed by atoms with Gasteiger partial charge in [-0.15, -0.1) is 10.2 Å². The van der Waals surface area contributed by atoms with E-state index in [4.69, 9.17) is 4.74 Å². The van der Waals surface area contributed by atoms with Crippen LogP contribution >= 0.6 is 11.3 Å². The maximum atomic E-state index is 12.8. The smallest absolute Gasteiger partial charge is 0.255 e. The average Bonchev–Trinajstić information content (AvgIpc) is 3.36. The first kappa shape index (κ1) is 21.0. The number of hydrogen-bond acceptors (Lipinski definition) is 6.